The van der Waals surface area contributed by atoms with Crippen LogP contribution in [0.5, 0.6) is 5.75 Å². The first-order valence-electron chi connectivity index (χ1n) is 9.71. The van der Waals surface area contributed by atoms with Crippen molar-refractivity contribution in [3.63, 3.8) is 0 Å². The Bertz CT molecular complexity index is 1360. The molecule has 30 heavy (non-hydrogen) atoms. The molecule has 0 atom stereocenters. The Labute approximate surface area is 177 Å². The van der Waals surface area contributed by atoms with E-state index in [0.29, 0.717) is 5.75 Å². The summed E-state index contributed by atoms with van der Waals surface area (Å²) in [7, 11) is 0. The van der Waals surface area contributed by atoms with Gasteiger partial charge in [-0.05, 0) is 61.4 Å². The van der Waals surface area contributed by atoms with Crippen molar-refractivity contribution in [3.05, 3.63) is 83.6 Å². The number of aryl methyl sites for hydroxylation is 2. The van der Waals surface area contributed by atoms with E-state index in [0.717, 1.165) is 42.9 Å². The van der Waals surface area contributed by atoms with Crippen molar-refractivity contribution in [1.29, 1.82) is 0 Å². The summed E-state index contributed by atoms with van der Waals surface area (Å²) >= 11 is 1.58. The molecule has 5 heteroatoms. The highest BCUT2D eigenvalue weighted by Crippen LogP contribution is 2.36. The van der Waals surface area contributed by atoms with Gasteiger partial charge < -0.3 is 9.15 Å². The lowest BCUT2D eigenvalue weighted by atomic mass is 10.0. The molecule has 0 bridgehead atoms. The summed E-state index contributed by atoms with van der Waals surface area (Å²) in [6.07, 6.45) is 1.79. The van der Waals surface area contributed by atoms with Crippen molar-refractivity contribution in [2.24, 2.45) is 0 Å². The zero-order valence-corrected chi connectivity index (χ0v) is 17.5. The number of hydrogen-bond acceptors (Lipinski definition) is 5. The van der Waals surface area contributed by atoms with Gasteiger partial charge in [0.05, 0.1) is 28.5 Å². The molecule has 4 nitrogen and oxygen atoms in total. The number of aromatic nitrogens is 1. The van der Waals surface area contributed by atoms with Gasteiger partial charge in [0.2, 0.25) is 0 Å². The predicted molar refractivity (Wildman–Crippen MR) is 120 cm³/mol. The lowest BCUT2D eigenvalue weighted by molar-refractivity contribution is -0.133. The number of carbonyl (C=O) groups excluding carboxylic acids is 1. The quantitative estimate of drug-likeness (QED) is 0.250. The second kappa shape index (κ2) is 7.43. The Morgan fingerprint density at radius 1 is 1.03 bits per heavy atom. The number of carbonyl (C=O) groups is 1. The van der Waals surface area contributed by atoms with Crippen LogP contribution in [-0.2, 0) is 11.2 Å². The number of rotatable bonds is 4. The van der Waals surface area contributed by atoms with Crippen LogP contribution in [0.4, 0.5) is 0 Å². The summed E-state index contributed by atoms with van der Waals surface area (Å²) < 4.78 is 12.5. The second-order valence-corrected chi connectivity index (χ2v) is 8.36. The Morgan fingerprint density at radius 2 is 1.80 bits per heavy atom. The van der Waals surface area contributed by atoms with E-state index in [-0.39, 0.29) is 12.4 Å². The van der Waals surface area contributed by atoms with Gasteiger partial charge in [0.15, 0.2) is 0 Å². The van der Waals surface area contributed by atoms with Gasteiger partial charge >= 0.3 is 5.97 Å². The molecule has 0 spiro atoms. The van der Waals surface area contributed by atoms with Crippen molar-refractivity contribution in [1.82, 2.24) is 4.98 Å². The third kappa shape index (κ3) is 3.37. The zero-order chi connectivity index (χ0) is 20.7. The van der Waals surface area contributed by atoms with Crippen molar-refractivity contribution in [2.75, 3.05) is 0 Å². The summed E-state index contributed by atoms with van der Waals surface area (Å²) in [5.41, 5.74) is 5.70. The van der Waals surface area contributed by atoms with Gasteiger partial charge in [0.1, 0.15) is 16.3 Å². The summed E-state index contributed by atoms with van der Waals surface area (Å²) in [5.74, 6) is 0.186. The minimum Gasteiger partial charge on any atom is -0.464 e. The number of benzene rings is 3. The average molecular weight is 413 g/mol. The van der Waals surface area contributed by atoms with Gasteiger partial charge in [0.25, 0.3) is 0 Å². The molecule has 5 aromatic rings. The van der Waals surface area contributed by atoms with Gasteiger partial charge in [-0.25, -0.2) is 4.98 Å². The number of thiazole rings is 1. The largest absolute Gasteiger partial charge is 0.464 e. The molecule has 0 saturated heterocycles. The maximum atomic E-state index is 12.8. The van der Waals surface area contributed by atoms with E-state index in [2.05, 4.69) is 13.0 Å². The molecule has 2 heterocycles. The first-order valence-corrected chi connectivity index (χ1v) is 10.5. The zero-order valence-electron chi connectivity index (χ0n) is 16.6. The molecule has 0 amide bonds. The molecule has 0 aliphatic rings. The summed E-state index contributed by atoms with van der Waals surface area (Å²) in [6.45, 7) is 4.10. The molecule has 0 unspecified atom stereocenters. The monoisotopic (exact) mass is 413 g/mol. The molecular formula is C25H19NO3S. The molecular weight excluding hydrogens is 394 g/mol. The van der Waals surface area contributed by atoms with Gasteiger partial charge in [-0.2, -0.15) is 0 Å². The molecule has 0 saturated carbocycles. The van der Waals surface area contributed by atoms with Crippen LogP contribution in [-0.4, -0.2) is 11.0 Å². The van der Waals surface area contributed by atoms with Crippen molar-refractivity contribution < 1.29 is 13.9 Å². The topological polar surface area (TPSA) is 52.3 Å². The molecule has 0 aliphatic heterocycles. The second-order valence-electron chi connectivity index (χ2n) is 7.33. The Kier molecular flexibility index (Phi) is 4.60. The van der Waals surface area contributed by atoms with Gasteiger partial charge in [-0.15, -0.1) is 11.3 Å². The standard InChI is InChI=1S/C25H19NO3S/c1-15-11-19-17(14-28-22(19)12-16(15)2)13-24(27)29-21-9-5-3-7-18(21)25-26-20-8-4-6-10-23(20)30-25/h3-12,14H,13H2,1-2H3. The van der Waals surface area contributed by atoms with Gasteiger partial charge in [0, 0.05) is 10.9 Å². The van der Waals surface area contributed by atoms with Crippen LogP contribution in [0.2, 0.25) is 0 Å². The van der Waals surface area contributed by atoms with Crippen LogP contribution in [0.1, 0.15) is 16.7 Å². The summed E-state index contributed by atoms with van der Waals surface area (Å²) in [4.78, 5) is 17.4. The van der Waals surface area contributed by atoms with Gasteiger partial charge in [-0.1, -0.05) is 24.3 Å². The molecule has 0 aliphatic carbocycles. The number of ether oxygens (including phenoxy) is 1. The van der Waals surface area contributed by atoms with Crippen molar-refractivity contribution in [2.45, 2.75) is 20.3 Å². The maximum Gasteiger partial charge on any atom is 0.315 e. The third-order valence-electron chi connectivity index (χ3n) is 5.24. The molecule has 3 aromatic carbocycles. The summed E-state index contributed by atoms with van der Waals surface area (Å²) in [6, 6.07) is 19.6. The predicted octanol–water partition coefficient (Wildman–Crippen LogP) is 6.47. The van der Waals surface area contributed by atoms with Crippen LogP contribution in [0.3, 0.4) is 0 Å². The van der Waals surface area contributed by atoms with Crippen LogP contribution in [0, 0.1) is 13.8 Å². The highest BCUT2D eigenvalue weighted by molar-refractivity contribution is 7.21. The van der Waals surface area contributed by atoms with E-state index in [1.165, 1.54) is 5.56 Å². The highest BCUT2D eigenvalue weighted by atomic mass is 32.1. The van der Waals surface area contributed by atoms with E-state index in [4.69, 9.17) is 14.1 Å². The fourth-order valence-electron chi connectivity index (χ4n) is 3.51. The Hall–Kier alpha value is -3.44. The number of furan rings is 1. The maximum absolute atomic E-state index is 12.8. The van der Waals surface area contributed by atoms with Crippen LogP contribution < -0.4 is 4.74 Å². The average Bonchev–Trinajstić information content (AvgIpc) is 3.33. The Morgan fingerprint density at radius 3 is 2.67 bits per heavy atom. The van der Waals surface area contributed by atoms with Crippen LogP contribution in [0.15, 0.2) is 71.3 Å². The number of nitrogens with zero attached hydrogens (tertiary/aromatic N) is 1. The van der Waals surface area contributed by atoms with Crippen LogP contribution in [0.25, 0.3) is 31.8 Å². The first-order chi connectivity index (χ1) is 14.6. The first kappa shape index (κ1) is 18.6. The normalized spacial score (nSPS) is 11.3. The molecule has 0 fully saturated rings. The SMILES string of the molecule is Cc1cc2occ(CC(=O)Oc3ccccc3-c3nc4ccccc4s3)c2cc1C. The smallest absolute Gasteiger partial charge is 0.315 e. The third-order valence-corrected chi connectivity index (χ3v) is 6.31. The highest BCUT2D eigenvalue weighted by Gasteiger charge is 2.17. The molecule has 5 rings (SSSR count). The molecule has 2 aromatic heterocycles. The van der Waals surface area contributed by atoms with E-state index >= 15 is 0 Å². The van der Waals surface area contributed by atoms with E-state index in [9.17, 15) is 4.79 Å². The fraction of sp³-hybridized carbons (Fsp3) is 0.120. The summed E-state index contributed by atoms with van der Waals surface area (Å²) in [5, 5.41) is 1.79. The van der Waals surface area contributed by atoms with Crippen LogP contribution >= 0.6 is 11.3 Å². The van der Waals surface area contributed by atoms with E-state index in [1.807, 2.05) is 55.5 Å². The van der Waals surface area contributed by atoms with Crippen molar-refractivity contribution >= 4 is 38.5 Å². The number of hydrogen-bond donors (Lipinski definition) is 0. The van der Waals surface area contributed by atoms with E-state index in [1.54, 1.807) is 23.7 Å². The van der Waals surface area contributed by atoms with E-state index < -0.39 is 0 Å². The minimum atomic E-state index is -0.329. The lowest BCUT2D eigenvalue weighted by Gasteiger charge is -2.08. The Balaban J connectivity index is 1.43. The number of fused-ring (bicyclic) bond motifs is 2. The molecule has 148 valence electrons. The number of esters is 1. The lowest BCUT2D eigenvalue weighted by Crippen LogP contribution is -2.11. The van der Waals surface area contributed by atoms with Gasteiger partial charge in [-0.3, -0.25) is 4.79 Å². The fourth-order valence-corrected chi connectivity index (χ4v) is 4.50. The number of para-hydroxylation sites is 2. The molecule has 0 N–H and O–H groups in total. The molecule has 0 radical (unpaired) electrons. The minimum absolute atomic E-state index is 0.143. The van der Waals surface area contributed by atoms with Crippen molar-refractivity contribution in [3.8, 4) is 16.3 Å².